The van der Waals surface area contributed by atoms with Crippen molar-refractivity contribution in [3.63, 3.8) is 0 Å². The molecule has 0 aromatic heterocycles. The van der Waals surface area contributed by atoms with Crippen molar-refractivity contribution in [2.75, 3.05) is 0 Å². The summed E-state index contributed by atoms with van der Waals surface area (Å²) in [5.74, 6) is 2.04. The molecule has 0 nitrogen and oxygen atoms in total. The minimum absolute atomic E-state index is 1.01. The standard InChI is InChI=1S/C19H34/c1-5-17(6-2)15-16(4)9-8-10-19-13-11-18(7-3)12-14-19/h15,18-19H,4-14H2,1-3H3. The van der Waals surface area contributed by atoms with Gasteiger partial charge in [0.05, 0.1) is 0 Å². The minimum atomic E-state index is 1.01. The van der Waals surface area contributed by atoms with Crippen molar-refractivity contribution in [1.82, 2.24) is 0 Å². The summed E-state index contributed by atoms with van der Waals surface area (Å²) in [5.41, 5.74) is 2.90. The average molecular weight is 262 g/mol. The average Bonchev–Trinajstić information content (AvgIpc) is 2.45. The van der Waals surface area contributed by atoms with E-state index in [-0.39, 0.29) is 0 Å². The van der Waals surface area contributed by atoms with E-state index in [1.54, 1.807) is 5.57 Å². The van der Waals surface area contributed by atoms with Crippen LogP contribution in [0.1, 0.15) is 85.0 Å². The van der Waals surface area contributed by atoms with Gasteiger partial charge < -0.3 is 0 Å². The lowest BCUT2D eigenvalue weighted by atomic mass is 9.79. The van der Waals surface area contributed by atoms with E-state index in [4.69, 9.17) is 0 Å². The number of rotatable bonds is 8. The molecule has 0 spiro atoms. The third-order valence-corrected chi connectivity index (χ3v) is 4.97. The molecule has 1 fully saturated rings. The Morgan fingerprint density at radius 3 is 2.11 bits per heavy atom. The smallest absolute Gasteiger partial charge is 0.0285 e. The van der Waals surface area contributed by atoms with E-state index in [1.807, 2.05) is 0 Å². The van der Waals surface area contributed by atoms with Crippen LogP contribution in [0.5, 0.6) is 0 Å². The van der Waals surface area contributed by atoms with E-state index in [0.29, 0.717) is 0 Å². The fraction of sp³-hybridized carbons (Fsp3) is 0.789. The summed E-state index contributed by atoms with van der Waals surface area (Å²) in [6, 6.07) is 0. The summed E-state index contributed by atoms with van der Waals surface area (Å²) < 4.78 is 0. The molecular formula is C19H34. The van der Waals surface area contributed by atoms with E-state index < -0.39 is 0 Å². The molecule has 110 valence electrons. The van der Waals surface area contributed by atoms with Crippen LogP contribution >= 0.6 is 0 Å². The van der Waals surface area contributed by atoms with Crippen molar-refractivity contribution in [1.29, 1.82) is 0 Å². The van der Waals surface area contributed by atoms with Crippen LogP contribution in [0.4, 0.5) is 0 Å². The summed E-state index contributed by atoms with van der Waals surface area (Å²) in [4.78, 5) is 0. The second kappa shape index (κ2) is 9.39. The first-order valence-corrected chi connectivity index (χ1v) is 8.56. The highest BCUT2D eigenvalue weighted by Gasteiger charge is 2.19. The Labute approximate surface area is 121 Å². The molecule has 0 atom stereocenters. The Hall–Kier alpha value is -0.520. The largest absolute Gasteiger partial charge is 0.0958 e. The van der Waals surface area contributed by atoms with E-state index in [9.17, 15) is 0 Å². The molecule has 1 rings (SSSR count). The molecule has 0 unspecified atom stereocenters. The highest BCUT2D eigenvalue weighted by molar-refractivity contribution is 5.20. The summed E-state index contributed by atoms with van der Waals surface area (Å²) in [6.07, 6.45) is 16.0. The molecule has 1 saturated carbocycles. The number of allylic oxidation sites excluding steroid dienone is 3. The quantitative estimate of drug-likeness (QED) is 0.428. The first-order valence-electron chi connectivity index (χ1n) is 8.56. The predicted molar refractivity (Wildman–Crippen MR) is 87.4 cm³/mol. The maximum atomic E-state index is 4.22. The molecule has 0 heteroatoms. The van der Waals surface area contributed by atoms with Gasteiger partial charge in [0.1, 0.15) is 0 Å². The highest BCUT2D eigenvalue weighted by atomic mass is 14.2. The normalized spacial score (nSPS) is 23.1. The zero-order valence-electron chi connectivity index (χ0n) is 13.5. The second-order valence-corrected chi connectivity index (χ2v) is 6.36. The fourth-order valence-corrected chi connectivity index (χ4v) is 3.36. The molecule has 1 aliphatic rings. The Morgan fingerprint density at radius 1 is 1.00 bits per heavy atom. The molecule has 19 heavy (non-hydrogen) atoms. The molecule has 0 bridgehead atoms. The molecule has 0 aliphatic heterocycles. The maximum absolute atomic E-state index is 4.22. The minimum Gasteiger partial charge on any atom is -0.0958 e. The SMILES string of the molecule is C=C(C=C(CC)CC)CCCC1CCC(CC)CC1. The van der Waals surface area contributed by atoms with Gasteiger partial charge in [-0.2, -0.15) is 0 Å². The van der Waals surface area contributed by atoms with Crippen LogP contribution in [-0.4, -0.2) is 0 Å². The lowest BCUT2D eigenvalue weighted by Crippen LogP contribution is -2.13. The predicted octanol–water partition coefficient (Wildman–Crippen LogP) is 6.68. The molecule has 1 aliphatic carbocycles. The lowest BCUT2D eigenvalue weighted by molar-refractivity contribution is 0.255. The van der Waals surface area contributed by atoms with E-state index in [2.05, 4.69) is 33.4 Å². The molecule has 0 amide bonds. The number of hydrogen-bond acceptors (Lipinski definition) is 0. The van der Waals surface area contributed by atoms with Gasteiger partial charge in [-0.05, 0) is 37.5 Å². The maximum Gasteiger partial charge on any atom is -0.0285 e. The van der Waals surface area contributed by atoms with Crippen molar-refractivity contribution in [3.05, 3.63) is 23.8 Å². The van der Waals surface area contributed by atoms with E-state index in [0.717, 1.165) is 11.8 Å². The first kappa shape index (κ1) is 16.5. The third-order valence-electron chi connectivity index (χ3n) is 4.97. The topological polar surface area (TPSA) is 0 Å². The van der Waals surface area contributed by atoms with Gasteiger partial charge in [0.15, 0.2) is 0 Å². The van der Waals surface area contributed by atoms with Gasteiger partial charge in [0, 0.05) is 0 Å². The summed E-state index contributed by atoms with van der Waals surface area (Å²) in [7, 11) is 0. The summed E-state index contributed by atoms with van der Waals surface area (Å²) in [5, 5.41) is 0. The van der Waals surface area contributed by atoms with E-state index >= 15 is 0 Å². The van der Waals surface area contributed by atoms with Gasteiger partial charge in [-0.3, -0.25) is 0 Å². The Kier molecular flexibility index (Phi) is 8.18. The van der Waals surface area contributed by atoms with Crippen molar-refractivity contribution in [3.8, 4) is 0 Å². The zero-order valence-corrected chi connectivity index (χ0v) is 13.5. The van der Waals surface area contributed by atoms with Crippen LogP contribution in [0, 0.1) is 11.8 Å². The molecular weight excluding hydrogens is 228 g/mol. The molecule has 0 aromatic rings. The monoisotopic (exact) mass is 262 g/mol. The van der Waals surface area contributed by atoms with Crippen molar-refractivity contribution in [2.24, 2.45) is 11.8 Å². The van der Waals surface area contributed by atoms with Gasteiger partial charge in [0.25, 0.3) is 0 Å². The highest BCUT2D eigenvalue weighted by Crippen LogP contribution is 2.33. The molecule has 0 heterocycles. The van der Waals surface area contributed by atoms with Gasteiger partial charge >= 0.3 is 0 Å². The van der Waals surface area contributed by atoms with Gasteiger partial charge in [-0.15, -0.1) is 0 Å². The fourth-order valence-electron chi connectivity index (χ4n) is 3.36. The van der Waals surface area contributed by atoms with Crippen molar-refractivity contribution >= 4 is 0 Å². The van der Waals surface area contributed by atoms with Gasteiger partial charge in [-0.25, -0.2) is 0 Å². The summed E-state index contributed by atoms with van der Waals surface area (Å²) >= 11 is 0. The second-order valence-electron chi connectivity index (χ2n) is 6.36. The van der Waals surface area contributed by atoms with Crippen LogP contribution in [-0.2, 0) is 0 Å². The van der Waals surface area contributed by atoms with Crippen LogP contribution < -0.4 is 0 Å². The molecule has 0 radical (unpaired) electrons. The van der Waals surface area contributed by atoms with E-state index in [1.165, 1.54) is 69.8 Å². The first-order chi connectivity index (χ1) is 9.19. The Balaban J connectivity index is 2.17. The van der Waals surface area contributed by atoms with Crippen LogP contribution in [0.2, 0.25) is 0 Å². The third kappa shape index (κ3) is 6.45. The van der Waals surface area contributed by atoms with Gasteiger partial charge in [0.2, 0.25) is 0 Å². The van der Waals surface area contributed by atoms with Crippen molar-refractivity contribution in [2.45, 2.75) is 85.0 Å². The molecule has 0 saturated heterocycles. The van der Waals surface area contributed by atoms with Crippen LogP contribution in [0.3, 0.4) is 0 Å². The summed E-state index contributed by atoms with van der Waals surface area (Å²) in [6.45, 7) is 11.1. The van der Waals surface area contributed by atoms with Crippen LogP contribution in [0.25, 0.3) is 0 Å². The van der Waals surface area contributed by atoms with Crippen molar-refractivity contribution < 1.29 is 0 Å². The molecule has 0 aromatic carbocycles. The zero-order chi connectivity index (χ0) is 14.1. The van der Waals surface area contributed by atoms with Gasteiger partial charge in [-0.1, -0.05) is 83.1 Å². The Bertz CT molecular complexity index is 270. The van der Waals surface area contributed by atoms with Crippen LogP contribution in [0.15, 0.2) is 23.8 Å². The Morgan fingerprint density at radius 2 is 1.58 bits per heavy atom. The number of hydrogen-bond donors (Lipinski definition) is 0. The lowest BCUT2D eigenvalue weighted by Gasteiger charge is -2.27. The molecule has 0 N–H and O–H groups in total.